The van der Waals surface area contributed by atoms with E-state index in [0.717, 1.165) is 55.3 Å². The van der Waals surface area contributed by atoms with Crippen LogP contribution in [0.3, 0.4) is 0 Å². The van der Waals surface area contributed by atoms with E-state index in [0.29, 0.717) is 12.0 Å². The molecule has 0 atom stereocenters. The highest BCUT2D eigenvalue weighted by atomic mass is 32.2. The minimum absolute atomic E-state index is 0.0499. The summed E-state index contributed by atoms with van der Waals surface area (Å²) in [5.74, 6) is 0.331. The zero-order chi connectivity index (χ0) is 24.3. The Hall–Kier alpha value is -2.77. The van der Waals surface area contributed by atoms with Crippen LogP contribution in [0, 0.1) is 0 Å². The number of pyridine rings is 1. The van der Waals surface area contributed by atoms with Gasteiger partial charge in [0, 0.05) is 43.7 Å². The number of anilines is 1. The fourth-order valence-corrected chi connectivity index (χ4v) is 4.34. The highest BCUT2D eigenvalue weighted by molar-refractivity contribution is 7.97. The van der Waals surface area contributed by atoms with E-state index >= 15 is 0 Å². The number of likely N-dealkylation sites (N-methyl/N-ethyl adjacent to an activating group) is 1. The molecule has 0 bridgehead atoms. The van der Waals surface area contributed by atoms with Crippen molar-refractivity contribution >= 4 is 29.7 Å². The van der Waals surface area contributed by atoms with Crippen molar-refractivity contribution in [3.8, 4) is 11.5 Å². The first-order valence-corrected chi connectivity index (χ1v) is 11.8. The summed E-state index contributed by atoms with van der Waals surface area (Å²) in [7, 11) is 3.68. The fraction of sp³-hybridized carbons (Fsp3) is 0.524. The zero-order valence-corrected chi connectivity index (χ0v) is 20.1. The van der Waals surface area contributed by atoms with Crippen molar-refractivity contribution < 1.29 is 18.0 Å². The number of alkyl halides is 2. The maximum Gasteiger partial charge on any atom is 0.314 e. The molecule has 0 radical (unpaired) electrons. The molecule has 1 saturated heterocycles. The summed E-state index contributed by atoms with van der Waals surface area (Å²) in [5, 5.41) is 14.0. The molecule has 2 fully saturated rings. The Morgan fingerprint density at radius 3 is 2.50 bits per heavy atom. The van der Waals surface area contributed by atoms with Crippen LogP contribution in [0.4, 0.5) is 14.6 Å². The van der Waals surface area contributed by atoms with Gasteiger partial charge in [0.25, 0.3) is 11.8 Å². The van der Waals surface area contributed by atoms with Crippen LogP contribution >= 0.6 is 11.9 Å². The second-order valence-electron chi connectivity index (χ2n) is 8.61. The summed E-state index contributed by atoms with van der Waals surface area (Å²) >= 11 is 1.59. The number of nitrogens with one attached hydrogen (secondary N) is 2. The van der Waals surface area contributed by atoms with Gasteiger partial charge in [-0.15, -0.1) is 10.2 Å². The van der Waals surface area contributed by atoms with Crippen LogP contribution in [0.2, 0.25) is 0 Å². The molecule has 13 heteroatoms. The fourth-order valence-electron chi connectivity index (χ4n) is 3.43. The lowest BCUT2D eigenvalue weighted by molar-refractivity contribution is -0.109. The summed E-state index contributed by atoms with van der Waals surface area (Å²) < 4.78 is 36.4. The number of amides is 1. The highest BCUT2D eigenvalue weighted by Gasteiger charge is 2.37. The Labute approximate surface area is 200 Å². The molecule has 3 aromatic rings. The molecular formula is C21H28F2N8O2S. The summed E-state index contributed by atoms with van der Waals surface area (Å²) in [6, 6.07) is 4.11. The van der Waals surface area contributed by atoms with Crippen molar-refractivity contribution in [3.63, 3.8) is 0 Å². The first kappa shape index (κ1) is 24.4. The minimum Gasteiger partial charge on any atom is -0.415 e. The number of rotatable bonds is 7. The van der Waals surface area contributed by atoms with E-state index in [-0.39, 0.29) is 11.4 Å². The molecular weight excluding hydrogens is 466 g/mol. The number of hydrogen-bond donors (Lipinski definition) is 2. The smallest absolute Gasteiger partial charge is 0.314 e. The quantitative estimate of drug-likeness (QED) is 0.379. The van der Waals surface area contributed by atoms with Crippen LogP contribution < -0.4 is 14.9 Å². The Bertz CT molecular complexity index is 1130. The predicted octanol–water partition coefficient (Wildman–Crippen LogP) is 2.59. The largest absolute Gasteiger partial charge is 0.415 e. The van der Waals surface area contributed by atoms with E-state index in [9.17, 15) is 8.78 Å². The molecule has 1 saturated carbocycles. The first-order chi connectivity index (χ1) is 16.3. The van der Waals surface area contributed by atoms with Gasteiger partial charge < -0.3 is 19.5 Å². The number of carbonyl (C=O) groups is 1. The molecule has 2 aliphatic rings. The number of fused-ring (bicyclic) bond motifs is 1. The van der Waals surface area contributed by atoms with Crippen molar-refractivity contribution in [2.24, 2.45) is 0 Å². The SMILES string of the molecule is CN1CCN(c2cc(SNC3(C)CC3)cc3c(-c4nnc(C(F)F)o4)cnn23)CC1.CNC=O. The van der Waals surface area contributed by atoms with Crippen LogP contribution in [0.5, 0.6) is 0 Å². The third-order valence-corrected chi connectivity index (χ3v) is 6.86. The summed E-state index contributed by atoms with van der Waals surface area (Å²) in [6.45, 7) is 5.90. The van der Waals surface area contributed by atoms with Gasteiger partial charge >= 0.3 is 6.43 Å². The topological polar surface area (TPSA) is 104 Å². The van der Waals surface area contributed by atoms with Gasteiger partial charge in [-0.3, -0.25) is 9.52 Å². The van der Waals surface area contributed by atoms with E-state index in [4.69, 9.17) is 9.21 Å². The van der Waals surface area contributed by atoms with E-state index < -0.39 is 12.3 Å². The Morgan fingerprint density at radius 1 is 1.21 bits per heavy atom. The number of aromatic nitrogens is 4. The molecule has 1 aliphatic heterocycles. The average Bonchev–Trinajstić information content (AvgIpc) is 3.21. The molecule has 4 heterocycles. The van der Waals surface area contributed by atoms with Crippen LogP contribution in [0.15, 0.2) is 27.6 Å². The van der Waals surface area contributed by atoms with Gasteiger partial charge in [-0.2, -0.15) is 13.9 Å². The van der Waals surface area contributed by atoms with E-state index in [2.05, 4.69) is 55.2 Å². The standard InChI is InChI=1S/C19H23F2N7OS.C2H5NO/c1-19(3-4-19)25-30-12-9-14-13(17-23-24-18(29-17)16(20)21)11-22-28(14)15(10-12)27-7-5-26(2)6-8-27;1-3-2-4/h9-11,16,25H,3-8H2,1-2H3;2H,1H3,(H,3,4). The second kappa shape index (κ2) is 10.2. The Kier molecular flexibility index (Phi) is 7.33. The number of piperazine rings is 1. The lowest BCUT2D eigenvalue weighted by Crippen LogP contribution is -2.45. The molecule has 3 aromatic heterocycles. The second-order valence-corrected chi connectivity index (χ2v) is 9.49. The lowest BCUT2D eigenvalue weighted by Gasteiger charge is -2.34. The Balaban J connectivity index is 0.000000636. The molecule has 0 aromatic carbocycles. The Morgan fingerprint density at radius 2 is 1.91 bits per heavy atom. The average molecular weight is 495 g/mol. The minimum atomic E-state index is -2.80. The number of halogens is 2. The van der Waals surface area contributed by atoms with Gasteiger partial charge in [-0.25, -0.2) is 4.52 Å². The zero-order valence-electron chi connectivity index (χ0n) is 19.3. The molecule has 1 aliphatic carbocycles. The third kappa shape index (κ3) is 5.47. The number of hydrogen-bond acceptors (Lipinski definition) is 9. The molecule has 2 N–H and O–H groups in total. The highest BCUT2D eigenvalue weighted by Crippen LogP contribution is 2.39. The van der Waals surface area contributed by atoms with Crippen LogP contribution in [0.25, 0.3) is 17.0 Å². The van der Waals surface area contributed by atoms with Gasteiger partial charge in [0.15, 0.2) is 0 Å². The van der Waals surface area contributed by atoms with Gasteiger partial charge in [0.1, 0.15) is 5.82 Å². The van der Waals surface area contributed by atoms with E-state index in [1.165, 1.54) is 0 Å². The van der Waals surface area contributed by atoms with Crippen LogP contribution in [-0.2, 0) is 4.79 Å². The maximum absolute atomic E-state index is 12.9. The van der Waals surface area contributed by atoms with Gasteiger partial charge in [0.05, 0.1) is 17.3 Å². The summed E-state index contributed by atoms with van der Waals surface area (Å²) in [6.07, 6.45) is 1.73. The molecule has 34 heavy (non-hydrogen) atoms. The molecule has 1 amide bonds. The molecule has 0 spiro atoms. The third-order valence-electron chi connectivity index (χ3n) is 5.79. The molecule has 10 nitrogen and oxygen atoms in total. The van der Waals surface area contributed by atoms with Crippen molar-refractivity contribution in [2.75, 3.05) is 45.2 Å². The van der Waals surface area contributed by atoms with Crippen molar-refractivity contribution in [3.05, 3.63) is 24.2 Å². The molecule has 5 rings (SSSR count). The molecule has 184 valence electrons. The van der Waals surface area contributed by atoms with Crippen LogP contribution in [0.1, 0.15) is 32.1 Å². The van der Waals surface area contributed by atoms with Gasteiger partial charge in [-0.1, -0.05) is 0 Å². The van der Waals surface area contributed by atoms with Gasteiger partial charge in [0.2, 0.25) is 6.41 Å². The summed E-state index contributed by atoms with van der Waals surface area (Å²) in [4.78, 5) is 14.7. The first-order valence-electron chi connectivity index (χ1n) is 11.0. The van der Waals surface area contributed by atoms with E-state index in [1.807, 2.05) is 10.6 Å². The van der Waals surface area contributed by atoms with Gasteiger partial charge in [-0.05, 0) is 50.9 Å². The summed E-state index contributed by atoms with van der Waals surface area (Å²) in [5.41, 5.74) is 1.47. The van der Waals surface area contributed by atoms with E-state index in [1.54, 1.807) is 25.2 Å². The van der Waals surface area contributed by atoms with Crippen LogP contribution in [-0.4, -0.2) is 76.9 Å². The normalized spacial score (nSPS) is 17.5. The monoisotopic (exact) mass is 494 g/mol. The number of carbonyl (C=O) groups excluding carboxylic acids is 1. The predicted molar refractivity (Wildman–Crippen MR) is 125 cm³/mol. The lowest BCUT2D eigenvalue weighted by atomic mass is 10.2. The number of nitrogens with zero attached hydrogens (tertiary/aromatic N) is 6. The van der Waals surface area contributed by atoms with Crippen molar-refractivity contribution in [2.45, 2.75) is 36.6 Å². The van der Waals surface area contributed by atoms with Crippen molar-refractivity contribution in [1.82, 2.24) is 34.8 Å². The van der Waals surface area contributed by atoms with Crippen molar-refractivity contribution in [1.29, 1.82) is 0 Å². The molecule has 0 unspecified atom stereocenters. The maximum atomic E-state index is 12.9.